The number of benzene rings is 6. The quantitative estimate of drug-likeness (QED) is 0.190. The molecule has 1 unspecified atom stereocenters. The third-order valence-electron chi connectivity index (χ3n) is 10.4. The molecule has 0 aliphatic heterocycles. The van der Waals surface area contributed by atoms with E-state index < -0.39 is 5.41 Å². The van der Waals surface area contributed by atoms with Crippen LogP contribution in [-0.4, -0.2) is 9.13 Å². The summed E-state index contributed by atoms with van der Waals surface area (Å²) >= 11 is 0. The molecule has 0 radical (unpaired) electrons. The molecule has 8 aromatic rings. The molecule has 5 heteroatoms. The molecule has 2 aromatic heterocycles. The van der Waals surface area contributed by atoms with Crippen molar-refractivity contribution in [1.29, 1.82) is 15.8 Å². The number of nitriles is 3. The topological polar surface area (TPSA) is 81.2 Å². The highest BCUT2D eigenvalue weighted by Crippen LogP contribution is 2.45. The fourth-order valence-corrected chi connectivity index (χ4v) is 7.83. The van der Waals surface area contributed by atoms with Crippen molar-refractivity contribution in [2.75, 3.05) is 0 Å². The van der Waals surface area contributed by atoms with Crippen LogP contribution in [0.3, 0.4) is 0 Å². The molecule has 5 nitrogen and oxygen atoms in total. The molecule has 1 atom stereocenters. The van der Waals surface area contributed by atoms with Gasteiger partial charge in [0.25, 0.3) is 0 Å². The van der Waals surface area contributed by atoms with Gasteiger partial charge in [-0.1, -0.05) is 72.8 Å². The molecule has 1 aliphatic rings. The Morgan fingerprint density at radius 1 is 0.549 bits per heavy atom. The van der Waals surface area contributed by atoms with Gasteiger partial charge in [0.15, 0.2) is 0 Å². The van der Waals surface area contributed by atoms with Crippen molar-refractivity contribution in [2.45, 2.75) is 13.3 Å². The average Bonchev–Trinajstić information content (AvgIpc) is 3.70. The number of fused-ring (bicyclic) bond motifs is 6. The van der Waals surface area contributed by atoms with Crippen LogP contribution < -0.4 is 0 Å². The van der Waals surface area contributed by atoms with E-state index >= 15 is 0 Å². The Labute approximate surface area is 295 Å². The Morgan fingerprint density at radius 2 is 1.10 bits per heavy atom. The highest BCUT2D eigenvalue weighted by Gasteiger charge is 2.32. The molecule has 1 aliphatic carbocycles. The summed E-state index contributed by atoms with van der Waals surface area (Å²) in [6.07, 6.45) is 6.84. The van der Waals surface area contributed by atoms with Gasteiger partial charge in [-0.15, -0.1) is 0 Å². The van der Waals surface area contributed by atoms with Crippen LogP contribution in [0.2, 0.25) is 0 Å². The summed E-state index contributed by atoms with van der Waals surface area (Å²) in [5.41, 5.74) is 10.9. The van der Waals surface area contributed by atoms with E-state index in [4.69, 9.17) is 0 Å². The summed E-state index contributed by atoms with van der Waals surface area (Å²) in [6.45, 7) is 2.02. The van der Waals surface area contributed by atoms with Crippen molar-refractivity contribution in [3.63, 3.8) is 0 Å². The van der Waals surface area contributed by atoms with Crippen LogP contribution in [0.15, 0.2) is 146 Å². The normalized spacial score (nSPS) is 15.5. The van der Waals surface area contributed by atoms with E-state index in [-0.39, 0.29) is 0 Å². The monoisotopic (exact) mass is 651 g/mol. The third-order valence-corrected chi connectivity index (χ3v) is 10.4. The number of hydrogen-bond acceptors (Lipinski definition) is 3. The van der Waals surface area contributed by atoms with Crippen LogP contribution in [0.1, 0.15) is 30.0 Å². The summed E-state index contributed by atoms with van der Waals surface area (Å²) in [5, 5.41) is 34.0. The standard InChI is InChI=1S/C46H29N5/c1-46(29-49)23-7-6-10-41(46)35-20-19-34(51-43-12-5-3-9-37(43)40-25-31(28-48)14-22-45(40)51)26-38(35)32-15-17-33(18-16-32)50-42-11-4-2-8-36(42)39-24-30(27-47)13-21-44(39)50/h2-22,24-26H,23H2,1H3. The number of hydrogen-bond donors (Lipinski definition) is 0. The fraction of sp³-hybridized carbons (Fsp3) is 0.0652. The van der Waals surface area contributed by atoms with Crippen LogP contribution in [0.4, 0.5) is 0 Å². The summed E-state index contributed by atoms with van der Waals surface area (Å²) < 4.78 is 4.52. The number of para-hydroxylation sites is 2. The summed E-state index contributed by atoms with van der Waals surface area (Å²) in [4.78, 5) is 0. The molecule has 51 heavy (non-hydrogen) atoms. The summed E-state index contributed by atoms with van der Waals surface area (Å²) in [5.74, 6) is 0. The van der Waals surface area contributed by atoms with E-state index in [0.717, 1.165) is 77.2 Å². The zero-order valence-corrected chi connectivity index (χ0v) is 27.8. The predicted molar refractivity (Wildman–Crippen MR) is 205 cm³/mol. The van der Waals surface area contributed by atoms with Crippen molar-refractivity contribution >= 4 is 49.2 Å². The molecule has 2 heterocycles. The van der Waals surface area contributed by atoms with Gasteiger partial charge < -0.3 is 9.13 Å². The highest BCUT2D eigenvalue weighted by molar-refractivity contribution is 6.11. The lowest BCUT2D eigenvalue weighted by Gasteiger charge is -2.28. The van der Waals surface area contributed by atoms with E-state index in [9.17, 15) is 15.8 Å². The van der Waals surface area contributed by atoms with E-state index in [1.54, 1.807) is 0 Å². The van der Waals surface area contributed by atoms with Gasteiger partial charge in [-0.2, -0.15) is 15.8 Å². The Morgan fingerprint density at radius 3 is 1.69 bits per heavy atom. The maximum Gasteiger partial charge on any atom is 0.0991 e. The van der Waals surface area contributed by atoms with Gasteiger partial charge >= 0.3 is 0 Å². The molecular weight excluding hydrogens is 623 g/mol. The van der Waals surface area contributed by atoms with Gasteiger partial charge in [-0.3, -0.25) is 0 Å². The largest absolute Gasteiger partial charge is 0.309 e. The van der Waals surface area contributed by atoms with Gasteiger partial charge in [-0.05, 0) is 108 Å². The van der Waals surface area contributed by atoms with Gasteiger partial charge in [0.05, 0.1) is 56.8 Å². The van der Waals surface area contributed by atoms with Gasteiger partial charge in [0, 0.05) is 32.9 Å². The van der Waals surface area contributed by atoms with E-state index in [2.05, 4.69) is 112 Å². The third kappa shape index (κ3) is 4.59. The molecule has 0 saturated carbocycles. The zero-order valence-electron chi connectivity index (χ0n) is 27.8. The smallest absolute Gasteiger partial charge is 0.0991 e. The maximum absolute atomic E-state index is 10.4. The molecule has 0 N–H and O–H groups in total. The second-order valence-electron chi connectivity index (χ2n) is 13.3. The minimum atomic E-state index is -0.670. The molecule has 0 spiro atoms. The predicted octanol–water partition coefficient (Wildman–Crippen LogP) is 11.2. The fourth-order valence-electron chi connectivity index (χ4n) is 7.83. The highest BCUT2D eigenvalue weighted by atomic mass is 15.0. The molecule has 0 saturated heterocycles. The van der Waals surface area contributed by atoms with Crippen molar-refractivity contribution in [2.24, 2.45) is 5.41 Å². The van der Waals surface area contributed by atoms with Crippen LogP contribution in [0.25, 0.3) is 71.7 Å². The molecule has 0 bridgehead atoms. The first kappa shape index (κ1) is 30.0. The van der Waals surface area contributed by atoms with Crippen molar-refractivity contribution in [3.05, 3.63) is 162 Å². The van der Waals surface area contributed by atoms with E-state index in [0.29, 0.717) is 17.5 Å². The van der Waals surface area contributed by atoms with Crippen LogP contribution in [-0.2, 0) is 0 Å². The lowest BCUT2D eigenvalue weighted by atomic mass is 9.73. The average molecular weight is 652 g/mol. The van der Waals surface area contributed by atoms with Gasteiger partial charge in [0.1, 0.15) is 0 Å². The zero-order chi connectivity index (χ0) is 34.7. The SMILES string of the molecule is CC1(C#N)CC=CC=C1c1ccc(-n2c3ccccc3c3cc(C#N)ccc32)cc1-c1ccc(-n2c3ccccc3c3cc(C#N)ccc32)cc1. The Kier molecular flexibility index (Phi) is 6.75. The summed E-state index contributed by atoms with van der Waals surface area (Å²) in [6, 6.07) is 50.7. The van der Waals surface area contributed by atoms with Crippen LogP contribution >= 0.6 is 0 Å². The number of rotatable bonds is 4. The molecule has 0 amide bonds. The minimum absolute atomic E-state index is 0.628. The number of aromatic nitrogens is 2. The first-order chi connectivity index (χ1) is 25.0. The Balaban J connectivity index is 1.26. The summed E-state index contributed by atoms with van der Waals surface area (Å²) in [7, 11) is 0. The van der Waals surface area contributed by atoms with E-state index in [1.807, 2.05) is 67.6 Å². The Hall–Kier alpha value is -7.13. The second kappa shape index (κ2) is 11.5. The van der Waals surface area contributed by atoms with Crippen LogP contribution in [0, 0.1) is 39.4 Å². The van der Waals surface area contributed by atoms with Gasteiger partial charge in [-0.25, -0.2) is 0 Å². The van der Waals surface area contributed by atoms with Gasteiger partial charge in [0.2, 0.25) is 0 Å². The van der Waals surface area contributed by atoms with Crippen molar-refractivity contribution in [1.82, 2.24) is 9.13 Å². The first-order valence-corrected chi connectivity index (χ1v) is 16.9. The van der Waals surface area contributed by atoms with E-state index in [1.165, 1.54) is 0 Å². The molecule has 0 fully saturated rings. The number of nitrogens with zero attached hydrogens (tertiary/aromatic N) is 5. The first-order valence-electron chi connectivity index (χ1n) is 16.9. The maximum atomic E-state index is 10.4. The molecule has 6 aromatic carbocycles. The Bertz CT molecular complexity index is 2930. The lowest BCUT2D eigenvalue weighted by Crippen LogP contribution is -2.17. The number of allylic oxidation sites excluding steroid dienone is 4. The van der Waals surface area contributed by atoms with Crippen LogP contribution in [0.5, 0.6) is 0 Å². The van der Waals surface area contributed by atoms with Crippen molar-refractivity contribution < 1.29 is 0 Å². The molecule has 9 rings (SSSR count). The lowest BCUT2D eigenvalue weighted by molar-refractivity contribution is 0.595. The molecular formula is C46H29N5. The minimum Gasteiger partial charge on any atom is -0.309 e. The van der Waals surface area contributed by atoms with Crippen molar-refractivity contribution in [3.8, 4) is 40.7 Å². The molecule has 238 valence electrons. The second-order valence-corrected chi connectivity index (χ2v) is 13.3.